The number of hydrogen-bond acceptors (Lipinski definition) is 1. The molecule has 0 radical (unpaired) electrons. The van der Waals surface area contributed by atoms with Crippen molar-refractivity contribution in [2.24, 2.45) is 0 Å². The standard InChI is InChI=1S/C27H26N2OP2/c1-28(31(23-15-7-3-8-16-23)24-17-9-4-10-18-24)27(30)29(2)32(25-19-11-5-12-20-25)26-21-13-6-14-22-26/h3-22H,1-2H3. The summed E-state index contributed by atoms with van der Waals surface area (Å²) in [6.45, 7) is 0. The number of rotatable bonds is 6. The van der Waals surface area contributed by atoms with Crippen molar-refractivity contribution in [1.82, 2.24) is 9.34 Å². The highest BCUT2D eigenvalue weighted by Crippen LogP contribution is 2.43. The van der Waals surface area contributed by atoms with Crippen LogP contribution in [0.5, 0.6) is 0 Å². The molecule has 0 unspecified atom stereocenters. The van der Waals surface area contributed by atoms with Crippen molar-refractivity contribution >= 4 is 43.4 Å². The van der Waals surface area contributed by atoms with Gasteiger partial charge < -0.3 is 0 Å². The predicted octanol–water partition coefficient (Wildman–Crippen LogP) is 5.07. The molecule has 0 saturated carbocycles. The van der Waals surface area contributed by atoms with Gasteiger partial charge in [-0.25, -0.2) is 4.79 Å². The van der Waals surface area contributed by atoms with Crippen LogP contribution >= 0.6 is 16.1 Å². The van der Waals surface area contributed by atoms with Gasteiger partial charge in [-0.2, -0.15) is 0 Å². The third kappa shape index (κ3) is 4.91. The molecule has 0 atom stereocenters. The molecule has 3 nitrogen and oxygen atoms in total. The Hall–Kier alpha value is -2.99. The summed E-state index contributed by atoms with van der Waals surface area (Å²) in [4.78, 5) is 13.9. The monoisotopic (exact) mass is 456 g/mol. The molecule has 0 bridgehead atoms. The van der Waals surface area contributed by atoms with Gasteiger partial charge in [0, 0.05) is 35.3 Å². The lowest BCUT2D eigenvalue weighted by Gasteiger charge is -2.36. The molecule has 0 spiro atoms. The van der Waals surface area contributed by atoms with Crippen LogP contribution in [0.4, 0.5) is 4.79 Å². The van der Waals surface area contributed by atoms with Crippen LogP contribution < -0.4 is 21.2 Å². The van der Waals surface area contributed by atoms with Gasteiger partial charge in [0.15, 0.2) is 0 Å². The minimum Gasteiger partial charge on any atom is -0.298 e. The maximum absolute atomic E-state index is 13.9. The first kappa shape index (κ1) is 22.2. The van der Waals surface area contributed by atoms with Crippen LogP contribution in [0.25, 0.3) is 0 Å². The molecule has 0 heterocycles. The highest BCUT2D eigenvalue weighted by Gasteiger charge is 2.30. The van der Waals surface area contributed by atoms with Gasteiger partial charge in [-0.3, -0.25) is 9.34 Å². The Kier molecular flexibility index (Phi) is 7.32. The SMILES string of the molecule is CN(C(=O)N(C)P(c1ccccc1)c1ccccc1)P(c1ccccc1)c1ccccc1. The molecule has 5 heteroatoms. The first-order chi connectivity index (χ1) is 15.7. The molecular formula is C27H26N2OP2. The molecule has 160 valence electrons. The molecule has 0 N–H and O–H groups in total. The van der Waals surface area contributed by atoms with Crippen LogP contribution in [-0.2, 0) is 0 Å². The topological polar surface area (TPSA) is 23.6 Å². The van der Waals surface area contributed by atoms with Gasteiger partial charge in [0.05, 0.1) is 16.1 Å². The van der Waals surface area contributed by atoms with E-state index in [9.17, 15) is 4.79 Å². The second kappa shape index (κ2) is 10.6. The summed E-state index contributed by atoms with van der Waals surface area (Å²) in [5.41, 5.74) is 0. The lowest BCUT2D eigenvalue weighted by Crippen LogP contribution is -2.40. The Morgan fingerprint density at radius 3 is 0.906 bits per heavy atom. The van der Waals surface area contributed by atoms with E-state index in [2.05, 4.69) is 48.5 Å². The van der Waals surface area contributed by atoms with E-state index in [0.717, 1.165) is 21.2 Å². The lowest BCUT2D eigenvalue weighted by molar-refractivity contribution is 0.218. The molecule has 0 saturated heterocycles. The number of hydrogen-bond donors (Lipinski definition) is 0. The van der Waals surface area contributed by atoms with Crippen LogP contribution in [-0.4, -0.2) is 29.5 Å². The van der Waals surface area contributed by atoms with E-state index < -0.39 is 16.1 Å². The third-order valence-electron chi connectivity index (χ3n) is 5.16. The molecule has 4 aromatic rings. The van der Waals surface area contributed by atoms with Gasteiger partial charge in [0.2, 0.25) is 0 Å². The van der Waals surface area contributed by atoms with Crippen molar-refractivity contribution in [2.75, 3.05) is 14.1 Å². The van der Waals surface area contributed by atoms with E-state index >= 15 is 0 Å². The van der Waals surface area contributed by atoms with Crippen molar-refractivity contribution in [3.05, 3.63) is 121 Å². The van der Waals surface area contributed by atoms with E-state index in [0.29, 0.717) is 0 Å². The van der Waals surface area contributed by atoms with E-state index in [1.165, 1.54) is 0 Å². The van der Waals surface area contributed by atoms with Crippen LogP contribution in [0.1, 0.15) is 0 Å². The lowest BCUT2D eigenvalue weighted by atomic mass is 10.4. The summed E-state index contributed by atoms with van der Waals surface area (Å²) in [5.74, 6) is 0. The van der Waals surface area contributed by atoms with Gasteiger partial charge in [-0.15, -0.1) is 0 Å². The molecule has 0 aliphatic heterocycles. The van der Waals surface area contributed by atoms with Crippen LogP contribution in [0.2, 0.25) is 0 Å². The fraction of sp³-hybridized carbons (Fsp3) is 0.0741. The Morgan fingerprint density at radius 2 is 0.688 bits per heavy atom. The van der Waals surface area contributed by atoms with E-state index in [-0.39, 0.29) is 6.03 Å². The summed E-state index contributed by atoms with van der Waals surface area (Å²) in [5, 5.41) is 4.62. The minimum atomic E-state index is -0.994. The first-order valence-corrected chi connectivity index (χ1v) is 13.1. The smallest absolute Gasteiger partial charge is 0.298 e. The zero-order chi connectivity index (χ0) is 22.3. The Balaban J connectivity index is 1.71. The maximum Gasteiger partial charge on any atom is 0.327 e. The van der Waals surface area contributed by atoms with Gasteiger partial charge in [-0.1, -0.05) is 121 Å². The molecule has 32 heavy (non-hydrogen) atoms. The Morgan fingerprint density at radius 1 is 0.469 bits per heavy atom. The van der Waals surface area contributed by atoms with Gasteiger partial charge in [0.1, 0.15) is 0 Å². The molecular weight excluding hydrogens is 430 g/mol. The summed E-state index contributed by atoms with van der Waals surface area (Å²) in [6, 6.07) is 41.3. The van der Waals surface area contributed by atoms with Gasteiger partial charge in [-0.05, 0) is 0 Å². The fourth-order valence-electron chi connectivity index (χ4n) is 3.65. The molecule has 0 aliphatic carbocycles. The van der Waals surface area contributed by atoms with E-state index in [1.807, 2.05) is 96.2 Å². The van der Waals surface area contributed by atoms with Crippen molar-refractivity contribution in [1.29, 1.82) is 0 Å². The zero-order valence-electron chi connectivity index (χ0n) is 18.2. The summed E-state index contributed by atoms with van der Waals surface area (Å²) in [6.07, 6.45) is 0. The van der Waals surface area contributed by atoms with E-state index in [1.54, 1.807) is 0 Å². The molecule has 2 amide bonds. The number of carbonyl (C=O) groups excluding carboxylic acids is 1. The average Bonchev–Trinajstić information content (AvgIpc) is 2.86. The molecule has 0 aliphatic rings. The highest BCUT2D eigenvalue weighted by molar-refractivity contribution is 7.72. The number of carbonyl (C=O) groups is 1. The van der Waals surface area contributed by atoms with Gasteiger partial charge in [0.25, 0.3) is 0 Å². The average molecular weight is 456 g/mol. The Bertz CT molecular complexity index is 955. The number of nitrogens with zero attached hydrogens (tertiary/aromatic N) is 2. The number of urea groups is 1. The zero-order valence-corrected chi connectivity index (χ0v) is 20.0. The Labute approximate surface area is 192 Å². The fourth-order valence-corrected chi connectivity index (χ4v) is 8.13. The predicted molar refractivity (Wildman–Crippen MR) is 139 cm³/mol. The van der Waals surface area contributed by atoms with Crippen molar-refractivity contribution in [3.8, 4) is 0 Å². The molecule has 0 aromatic heterocycles. The van der Waals surface area contributed by atoms with Gasteiger partial charge >= 0.3 is 6.03 Å². The second-order valence-corrected chi connectivity index (χ2v) is 11.8. The third-order valence-corrected chi connectivity index (χ3v) is 9.85. The summed E-state index contributed by atoms with van der Waals surface area (Å²) < 4.78 is 3.84. The first-order valence-electron chi connectivity index (χ1n) is 10.5. The normalized spacial score (nSPS) is 10.9. The van der Waals surface area contributed by atoms with Crippen LogP contribution in [0.3, 0.4) is 0 Å². The number of amides is 2. The van der Waals surface area contributed by atoms with E-state index in [4.69, 9.17) is 0 Å². The molecule has 4 rings (SSSR count). The highest BCUT2D eigenvalue weighted by atomic mass is 31.1. The van der Waals surface area contributed by atoms with Crippen molar-refractivity contribution < 1.29 is 4.79 Å². The second-order valence-electron chi connectivity index (χ2n) is 7.30. The number of benzene rings is 4. The largest absolute Gasteiger partial charge is 0.327 e. The quantitative estimate of drug-likeness (QED) is 0.372. The van der Waals surface area contributed by atoms with Crippen molar-refractivity contribution in [2.45, 2.75) is 0 Å². The maximum atomic E-state index is 13.9. The molecule has 4 aromatic carbocycles. The minimum absolute atomic E-state index is 0.0163. The van der Waals surface area contributed by atoms with Crippen molar-refractivity contribution in [3.63, 3.8) is 0 Å². The summed E-state index contributed by atoms with van der Waals surface area (Å²) in [7, 11) is 1.86. The molecule has 0 fully saturated rings. The summed E-state index contributed by atoms with van der Waals surface area (Å²) >= 11 is 0. The van der Waals surface area contributed by atoms with Crippen LogP contribution in [0.15, 0.2) is 121 Å². The van der Waals surface area contributed by atoms with Crippen LogP contribution in [0, 0.1) is 0 Å².